The largest absolute Gasteiger partial charge is 0.477 e. The van der Waals surface area contributed by atoms with Crippen LogP contribution in [0.15, 0.2) is 11.4 Å². The highest BCUT2D eigenvalue weighted by molar-refractivity contribution is 7.12. The lowest BCUT2D eigenvalue weighted by Gasteiger charge is -2.08. The van der Waals surface area contributed by atoms with Gasteiger partial charge in [-0.2, -0.15) is 13.2 Å². The number of carboxylic acids is 1. The summed E-state index contributed by atoms with van der Waals surface area (Å²) in [6.45, 7) is -2.07. The molecule has 1 rings (SSSR count). The molecule has 0 saturated carbocycles. The molecular formula is C8H7F3O4S. The second-order valence-electron chi connectivity index (χ2n) is 2.64. The summed E-state index contributed by atoms with van der Waals surface area (Å²) in [5, 5.41) is 10.1. The molecule has 90 valence electrons. The number of carboxylic acid groups (broad SMARTS) is 1. The van der Waals surface area contributed by atoms with Gasteiger partial charge in [-0.1, -0.05) is 0 Å². The minimum atomic E-state index is -4.42. The Morgan fingerprint density at radius 1 is 1.50 bits per heavy atom. The monoisotopic (exact) mass is 256 g/mol. The van der Waals surface area contributed by atoms with Crippen molar-refractivity contribution < 1.29 is 32.5 Å². The molecule has 1 aromatic rings. The Balaban J connectivity index is 2.38. The molecule has 0 amide bonds. The van der Waals surface area contributed by atoms with E-state index < -0.39 is 25.5 Å². The minimum Gasteiger partial charge on any atom is -0.477 e. The summed E-state index contributed by atoms with van der Waals surface area (Å²) in [5.74, 6) is -1.19. The first-order valence-corrected chi connectivity index (χ1v) is 4.86. The summed E-state index contributed by atoms with van der Waals surface area (Å²) >= 11 is 0.919. The Kier molecular flexibility index (Phi) is 4.13. The Morgan fingerprint density at radius 3 is 2.75 bits per heavy atom. The van der Waals surface area contributed by atoms with Gasteiger partial charge in [0.15, 0.2) is 11.7 Å². The number of ether oxygens (including phenoxy) is 2. The third kappa shape index (κ3) is 4.07. The summed E-state index contributed by atoms with van der Waals surface area (Å²) in [5.41, 5.74) is 0. The lowest BCUT2D eigenvalue weighted by Crippen LogP contribution is -2.19. The van der Waals surface area contributed by atoms with Crippen LogP contribution in [0.2, 0.25) is 0 Å². The van der Waals surface area contributed by atoms with Crippen molar-refractivity contribution in [1.82, 2.24) is 0 Å². The average molecular weight is 256 g/mol. The average Bonchev–Trinajstić information content (AvgIpc) is 2.58. The maximum absolute atomic E-state index is 11.7. The van der Waals surface area contributed by atoms with E-state index in [0.717, 1.165) is 11.3 Å². The third-order valence-electron chi connectivity index (χ3n) is 1.39. The fourth-order valence-electron chi connectivity index (χ4n) is 0.830. The highest BCUT2D eigenvalue weighted by Gasteiger charge is 2.27. The second kappa shape index (κ2) is 5.17. The molecule has 0 aliphatic carbocycles. The van der Waals surface area contributed by atoms with Crippen LogP contribution in [0, 0.1) is 0 Å². The molecule has 0 spiro atoms. The van der Waals surface area contributed by atoms with E-state index >= 15 is 0 Å². The first kappa shape index (κ1) is 12.8. The van der Waals surface area contributed by atoms with E-state index in [1.807, 2.05) is 0 Å². The van der Waals surface area contributed by atoms with Gasteiger partial charge in [0.2, 0.25) is 0 Å². The molecule has 0 unspecified atom stereocenters. The molecule has 0 radical (unpaired) electrons. The van der Waals surface area contributed by atoms with Crippen molar-refractivity contribution in [2.45, 2.75) is 6.18 Å². The van der Waals surface area contributed by atoms with Gasteiger partial charge in [0, 0.05) is 0 Å². The van der Waals surface area contributed by atoms with Crippen molar-refractivity contribution in [3.05, 3.63) is 16.3 Å². The van der Waals surface area contributed by atoms with Crippen molar-refractivity contribution in [1.29, 1.82) is 0 Å². The van der Waals surface area contributed by atoms with Crippen molar-refractivity contribution in [3.8, 4) is 5.75 Å². The van der Waals surface area contributed by atoms with Crippen LogP contribution < -0.4 is 4.74 Å². The summed E-state index contributed by atoms with van der Waals surface area (Å²) in [4.78, 5) is 10.5. The molecule has 16 heavy (non-hydrogen) atoms. The highest BCUT2D eigenvalue weighted by atomic mass is 32.1. The SMILES string of the molecule is O=C(O)c1sccc1OCOCC(F)(F)F. The van der Waals surface area contributed by atoms with E-state index in [4.69, 9.17) is 9.84 Å². The van der Waals surface area contributed by atoms with E-state index in [1.165, 1.54) is 11.4 Å². The molecule has 0 saturated heterocycles. The van der Waals surface area contributed by atoms with Crippen LogP contribution in [0.3, 0.4) is 0 Å². The summed E-state index contributed by atoms with van der Waals surface area (Å²) in [6.07, 6.45) is -4.42. The Morgan fingerprint density at radius 2 is 2.19 bits per heavy atom. The summed E-state index contributed by atoms with van der Waals surface area (Å²) in [6, 6.07) is 1.35. The zero-order valence-electron chi connectivity index (χ0n) is 7.78. The number of rotatable bonds is 5. The van der Waals surface area contributed by atoms with E-state index in [2.05, 4.69) is 4.74 Å². The molecule has 1 N–H and O–H groups in total. The van der Waals surface area contributed by atoms with Crippen LogP contribution in [0.25, 0.3) is 0 Å². The molecular weight excluding hydrogens is 249 g/mol. The predicted molar refractivity (Wildman–Crippen MR) is 48.8 cm³/mol. The van der Waals surface area contributed by atoms with Crippen LogP contribution in [-0.4, -0.2) is 30.7 Å². The van der Waals surface area contributed by atoms with E-state index in [1.54, 1.807) is 0 Å². The van der Waals surface area contributed by atoms with Crippen LogP contribution in [0.1, 0.15) is 9.67 Å². The van der Waals surface area contributed by atoms with Gasteiger partial charge in [-0.15, -0.1) is 11.3 Å². The Hall–Kier alpha value is -1.28. The maximum Gasteiger partial charge on any atom is 0.411 e. The van der Waals surface area contributed by atoms with Gasteiger partial charge >= 0.3 is 12.1 Å². The number of aromatic carboxylic acids is 1. The van der Waals surface area contributed by atoms with Crippen LogP contribution >= 0.6 is 11.3 Å². The first-order chi connectivity index (χ1) is 7.40. The van der Waals surface area contributed by atoms with Crippen LogP contribution in [-0.2, 0) is 4.74 Å². The molecule has 1 aromatic heterocycles. The second-order valence-corrected chi connectivity index (χ2v) is 3.56. The van der Waals surface area contributed by atoms with E-state index in [0.29, 0.717) is 0 Å². The van der Waals surface area contributed by atoms with Gasteiger partial charge in [-0.3, -0.25) is 0 Å². The van der Waals surface area contributed by atoms with Crippen molar-refractivity contribution in [2.75, 3.05) is 13.4 Å². The van der Waals surface area contributed by atoms with Crippen LogP contribution in [0.5, 0.6) is 5.75 Å². The molecule has 0 aliphatic heterocycles. The van der Waals surface area contributed by atoms with Crippen molar-refractivity contribution >= 4 is 17.3 Å². The standard InChI is InChI=1S/C8H7F3O4S/c9-8(10,11)3-14-4-15-5-1-2-16-6(5)7(12)13/h1-2H,3-4H2,(H,12,13). The molecule has 0 aliphatic rings. The third-order valence-corrected chi connectivity index (χ3v) is 2.27. The van der Waals surface area contributed by atoms with E-state index in [9.17, 15) is 18.0 Å². The van der Waals surface area contributed by atoms with Crippen molar-refractivity contribution in [3.63, 3.8) is 0 Å². The summed E-state index contributed by atoms with van der Waals surface area (Å²) in [7, 11) is 0. The fourth-order valence-corrected chi connectivity index (χ4v) is 1.50. The van der Waals surface area contributed by atoms with Gasteiger partial charge in [0.1, 0.15) is 12.4 Å². The summed E-state index contributed by atoms with van der Waals surface area (Å²) < 4.78 is 43.9. The molecule has 4 nitrogen and oxygen atoms in total. The lowest BCUT2D eigenvalue weighted by molar-refractivity contribution is -0.186. The number of carbonyl (C=O) groups is 1. The minimum absolute atomic E-state index is 0.000301. The number of hydrogen-bond donors (Lipinski definition) is 1. The van der Waals surface area contributed by atoms with Gasteiger partial charge in [-0.05, 0) is 11.4 Å². The number of alkyl halides is 3. The lowest BCUT2D eigenvalue weighted by atomic mass is 10.4. The van der Waals surface area contributed by atoms with E-state index in [-0.39, 0.29) is 10.6 Å². The predicted octanol–water partition coefficient (Wildman–Crippen LogP) is 2.36. The quantitative estimate of drug-likeness (QED) is 0.649. The fraction of sp³-hybridized carbons (Fsp3) is 0.375. The first-order valence-electron chi connectivity index (χ1n) is 3.98. The zero-order valence-corrected chi connectivity index (χ0v) is 8.60. The molecule has 0 aromatic carbocycles. The Labute approximate surface area is 92.2 Å². The van der Waals surface area contributed by atoms with Gasteiger partial charge in [0.25, 0.3) is 0 Å². The number of hydrogen-bond acceptors (Lipinski definition) is 4. The number of halogens is 3. The van der Waals surface area contributed by atoms with Gasteiger partial charge < -0.3 is 14.6 Å². The highest BCUT2D eigenvalue weighted by Crippen LogP contribution is 2.24. The molecule has 8 heteroatoms. The topological polar surface area (TPSA) is 55.8 Å². The normalized spacial score (nSPS) is 11.4. The van der Waals surface area contributed by atoms with Crippen molar-refractivity contribution in [2.24, 2.45) is 0 Å². The Bertz CT molecular complexity index is 360. The van der Waals surface area contributed by atoms with Gasteiger partial charge in [0.05, 0.1) is 0 Å². The molecule has 0 fully saturated rings. The zero-order chi connectivity index (χ0) is 12.2. The van der Waals surface area contributed by atoms with Gasteiger partial charge in [-0.25, -0.2) is 4.79 Å². The smallest absolute Gasteiger partial charge is 0.411 e. The molecule has 0 bridgehead atoms. The molecule has 0 atom stereocenters. The van der Waals surface area contributed by atoms with Crippen LogP contribution in [0.4, 0.5) is 13.2 Å². The molecule has 1 heterocycles. The maximum atomic E-state index is 11.7. The number of thiophene rings is 1.